The van der Waals surface area contributed by atoms with E-state index in [0.29, 0.717) is 13.0 Å². The first kappa shape index (κ1) is 15.0. The highest BCUT2D eigenvalue weighted by Gasteiger charge is 2.14. The molecular formula is C12H21N3O2S. The van der Waals surface area contributed by atoms with Crippen LogP contribution in [0.5, 0.6) is 0 Å². The molecule has 0 radical (unpaired) electrons. The van der Waals surface area contributed by atoms with Gasteiger partial charge in [0.15, 0.2) is 0 Å². The fourth-order valence-corrected chi connectivity index (χ4v) is 2.06. The predicted molar refractivity (Wildman–Crippen MR) is 73.4 cm³/mol. The van der Waals surface area contributed by atoms with Crippen molar-refractivity contribution in [1.82, 2.24) is 14.9 Å². The fraction of sp³-hybridized carbons (Fsp3) is 0.667. The van der Waals surface area contributed by atoms with Gasteiger partial charge in [-0.2, -0.15) is 11.8 Å². The number of aromatic nitrogens is 2. The van der Waals surface area contributed by atoms with Crippen LogP contribution < -0.4 is 5.32 Å². The monoisotopic (exact) mass is 271 g/mol. The molecule has 0 aliphatic rings. The molecule has 102 valence electrons. The van der Waals surface area contributed by atoms with Gasteiger partial charge in [-0.1, -0.05) is 6.92 Å². The third-order valence-electron chi connectivity index (χ3n) is 2.59. The van der Waals surface area contributed by atoms with Crippen LogP contribution in [-0.4, -0.2) is 38.7 Å². The molecule has 0 saturated heterocycles. The van der Waals surface area contributed by atoms with E-state index < -0.39 is 6.10 Å². The number of aliphatic hydroxyl groups excluding tert-OH is 1. The summed E-state index contributed by atoms with van der Waals surface area (Å²) in [7, 11) is 0. The van der Waals surface area contributed by atoms with Gasteiger partial charge in [-0.3, -0.25) is 4.79 Å². The lowest BCUT2D eigenvalue weighted by atomic mass is 10.2. The first-order valence-electron chi connectivity index (χ1n) is 6.13. The standard InChI is InChI=1S/C12H21N3O2S/c1-3-6-15-7-5-13-11(15)9-14-12(17)10(16)4-8-18-2/h5,7,10,16H,3-4,6,8-9H2,1-2H3,(H,14,17)/t10-/m0/s1. The molecule has 0 aliphatic heterocycles. The molecule has 1 heterocycles. The van der Waals surface area contributed by atoms with Crippen molar-refractivity contribution in [2.24, 2.45) is 0 Å². The Morgan fingerprint density at radius 2 is 2.44 bits per heavy atom. The van der Waals surface area contributed by atoms with E-state index in [4.69, 9.17) is 0 Å². The van der Waals surface area contributed by atoms with Crippen molar-refractivity contribution in [2.75, 3.05) is 12.0 Å². The van der Waals surface area contributed by atoms with E-state index in [1.807, 2.05) is 17.0 Å². The molecule has 1 aromatic rings. The number of carbonyl (C=O) groups excluding carboxylic acids is 1. The number of rotatable bonds is 8. The molecule has 0 fully saturated rings. The Labute approximate surface area is 112 Å². The SMILES string of the molecule is CCCn1ccnc1CNC(=O)[C@@H](O)CCSC. The minimum absolute atomic E-state index is 0.324. The number of thioether (sulfide) groups is 1. The van der Waals surface area contributed by atoms with Gasteiger partial charge in [0.05, 0.1) is 6.54 Å². The summed E-state index contributed by atoms with van der Waals surface area (Å²) in [6.07, 6.45) is 6.15. The summed E-state index contributed by atoms with van der Waals surface area (Å²) >= 11 is 1.62. The van der Waals surface area contributed by atoms with Gasteiger partial charge in [-0.15, -0.1) is 0 Å². The zero-order valence-corrected chi connectivity index (χ0v) is 11.7. The van der Waals surface area contributed by atoms with Crippen LogP contribution in [0, 0.1) is 0 Å². The maximum Gasteiger partial charge on any atom is 0.249 e. The third-order valence-corrected chi connectivity index (χ3v) is 3.23. The Morgan fingerprint density at radius 3 is 3.11 bits per heavy atom. The van der Waals surface area contributed by atoms with Crippen LogP contribution in [0.1, 0.15) is 25.6 Å². The molecule has 6 heteroatoms. The zero-order valence-electron chi connectivity index (χ0n) is 10.9. The van der Waals surface area contributed by atoms with E-state index in [1.165, 1.54) is 0 Å². The number of imidazole rings is 1. The second kappa shape index (κ2) is 8.16. The van der Waals surface area contributed by atoms with Crippen molar-refractivity contribution < 1.29 is 9.90 Å². The van der Waals surface area contributed by atoms with E-state index in [-0.39, 0.29) is 5.91 Å². The van der Waals surface area contributed by atoms with Crippen LogP contribution in [0.4, 0.5) is 0 Å². The van der Waals surface area contributed by atoms with Crippen LogP contribution in [0.25, 0.3) is 0 Å². The summed E-state index contributed by atoms with van der Waals surface area (Å²) in [6, 6.07) is 0. The van der Waals surface area contributed by atoms with Gasteiger partial charge in [0.2, 0.25) is 5.91 Å². The van der Waals surface area contributed by atoms with E-state index in [0.717, 1.165) is 24.5 Å². The second-order valence-electron chi connectivity index (χ2n) is 4.05. The lowest BCUT2D eigenvalue weighted by Gasteiger charge is -2.11. The van der Waals surface area contributed by atoms with Crippen molar-refractivity contribution >= 4 is 17.7 Å². The highest BCUT2D eigenvalue weighted by atomic mass is 32.2. The smallest absolute Gasteiger partial charge is 0.249 e. The maximum atomic E-state index is 11.6. The molecule has 1 aromatic heterocycles. The van der Waals surface area contributed by atoms with Gasteiger partial charge < -0.3 is 15.0 Å². The summed E-state index contributed by atoms with van der Waals surface area (Å²) in [6.45, 7) is 3.34. The molecule has 0 aliphatic carbocycles. The largest absolute Gasteiger partial charge is 0.383 e. The normalized spacial score (nSPS) is 12.4. The first-order valence-corrected chi connectivity index (χ1v) is 7.53. The maximum absolute atomic E-state index is 11.6. The van der Waals surface area contributed by atoms with Gasteiger partial charge in [-0.25, -0.2) is 4.98 Å². The Balaban J connectivity index is 2.39. The minimum atomic E-state index is -0.924. The number of aryl methyl sites for hydroxylation is 1. The average molecular weight is 271 g/mol. The zero-order chi connectivity index (χ0) is 13.4. The topological polar surface area (TPSA) is 67.2 Å². The lowest BCUT2D eigenvalue weighted by Crippen LogP contribution is -2.35. The van der Waals surface area contributed by atoms with Gasteiger partial charge in [0, 0.05) is 18.9 Å². The van der Waals surface area contributed by atoms with Crippen molar-refractivity contribution in [1.29, 1.82) is 0 Å². The third kappa shape index (κ3) is 4.70. The van der Waals surface area contributed by atoms with Crippen molar-refractivity contribution in [3.8, 4) is 0 Å². The van der Waals surface area contributed by atoms with E-state index in [2.05, 4.69) is 17.2 Å². The van der Waals surface area contributed by atoms with Gasteiger partial charge in [0.25, 0.3) is 0 Å². The summed E-state index contributed by atoms with van der Waals surface area (Å²) in [5.41, 5.74) is 0. The quantitative estimate of drug-likeness (QED) is 0.741. The molecule has 0 aromatic carbocycles. The summed E-state index contributed by atoms with van der Waals surface area (Å²) < 4.78 is 2.01. The molecule has 18 heavy (non-hydrogen) atoms. The first-order chi connectivity index (χ1) is 8.69. The molecule has 1 rings (SSSR count). The van der Waals surface area contributed by atoms with Crippen LogP contribution >= 0.6 is 11.8 Å². The van der Waals surface area contributed by atoms with E-state index in [1.54, 1.807) is 18.0 Å². The lowest BCUT2D eigenvalue weighted by molar-refractivity contribution is -0.129. The van der Waals surface area contributed by atoms with Crippen LogP contribution in [-0.2, 0) is 17.9 Å². The molecule has 0 bridgehead atoms. The Kier molecular flexibility index (Phi) is 6.82. The van der Waals surface area contributed by atoms with E-state index in [9.17, 15) is 9.90 Å². The number of hydrogen-bond acceptors (Lipinski definition) is 4. The molecule has 0 unspecified atom stereocenters. The highest BCUT2D eigenvalue weighted by molar-refractivity contribution is 7.98. The molecule has 0 spiro atoms. The molecule has 1 amide bonds. The predicted octanol–water partition coefficient (Wildman–Crippen LogP) is 1.02. The number of aliphatic hydroxyl groups is 1. The summed E-state index contributed by atoms with van der Waals surface area (Å²) in [5.74, 6) is 1.27. The summed E-state index contributed by atoms with van der Waals surface area (Å²) in [5, 5.41) is 12.3. The van der Waals surface area contributed by atoms with Crippen molar-refractivity contribution in [2.45, 2.75) is 39.0 Å². The Hall–Kier alpha value is -1.01. The molecular weight excluding hydrogens is 250 g/mol. The molecule has 2 N–H and O–H groups in total. The van der Waals surface area contributed by atoms with Crippen LogP contribution in [0.2, 0.25) is 0 Å². The van der Waals surface area contributed by atoms with Crippen molar-refractivity contribution in [3.05, 3.63) is 18.2 Å². The second-order valence-corrected chi connectivity index (χ2v) is 5.04. The minimum Gasteiger partial charge on any atom is -0.383 e. The van der Waals surface area contributed by atoms with Crippen LogP contribution in [0.3, 0.4) is 0 Å². The number of nitrogens with one attached hydrogen (secondary N) is 1. The van der Waals surface area contributed by atoms with E-state index >= 15 is 0 Å². The number of amides is 1. The van der Waals surface area contributed by atoms with Crippen molar-refractivity contribution in [3.63, 3.8) is 0 Å². The number of nitrogens with zero attached hydrogens (tertiary/aromatic N) is 2. The Bertz CT molecular complexity index is 368. The highest BCUT2D eigenvalue weighted by Crippen LogP contribution is 2.02. The number of hydrogen-bond donors (Lipinski definition) is 2. The summed E-state index contributed by atoms with van der Waals surface area (Å²) in [4.78, 5) is 15.8. The molecule has 5 nitrogen and oxygen atoms in total. The average Bonchev–Trinajstić information content (AvgIpc) is 2.81. The molecule has 1 atom stereocenters. The fourth-order valence-electron chi connectivity index (χ4n) is 1.60. The van der Waals surface area contributed by atoms with Gasteiger partial charge >= 0.3 is 0 Å². The molecule has 0 saturated carbocycles. The number of carbonyl (C=O) groups is 1. The Morgan fingerprint density at radius 1 is 1.67 bits per heavy atom. The van der Waals surface area contributed by atoms with Gasteiger partial charge in [-0.05, 0) is 24.9 Å². The van der Waals surface area contributed by atoms with Gasteiger partial charge in [0.1, 0.15) is 11.9 Å². The van der Waals surface area contributed by atoms with Crippen LogP contribution in [0.15, 0.2) is 12.4 Å².